The van der Waals surface area contributed by atoms with Gasteiger partial charge < -0.3 is 19.5 Å². The number of hydrogen-bond acceptors (Lipinski definition) is 9. The molecule has 0 fully saturated rings. The lowest BCUT2D eigenvalue weighted by Crippen LogP contribution is -2.17. The number of aromatic nitrogens is 3. The van der Waals surface area contributed by atoms with Gasteiger partial charge >= 0.3 is 5.97 Å². The summed E-state index contributed by atoms with van der Waals surface area (Å²) in [5.41, 5.74) is 2.26. The van der Waals surface area contributed by atoms with Crippen LogP contribution in [0, 0.1) is 5.92 Å². The second-order valence-corrected chi connectivity index (χ2v) is 11.4. The zero-order valence-electron chi connectivity index (χ0n) is 21.1. The normalized spacial score (nSPS) is 11.2. The summed E-state index contributed by atoms with van der Waals surface area (Å²) in [5.74, 6) is 0.307. The molecule has 0 saturated heterocycles. The standard InChI is InChI=1S/C26H29N4O4PS2/c1-15(2)12-21-22(16-7-8-18(19(35)13-16)34-10-9-33-4)29-26(37-21)30(3)24-23(25(31)32)28-17(14-27-24)20-6-5-11-36-20/h5-8,11,13-15H,9-10,12,35H2,1-4H3,(H,31,32). The van der Waals surface area contributed by atoms with Gasteiger partial charge in [0.05, 0.1) is 29.1 Å². The Morgan fingerprint density at radius 3 is 2.68 bits per heavy atom. The van der Waals surface area contributed by atoms with Crippen LogP contribution in [0.2, 0.25) is 0 Å². The third-order valence-corrected chi connectivity index (χ3v) is 7.94. The van der Waals surface area contributed by atoms with Gasteiger partial charge in [0.1, 0.15) is 12.4 Å². The molecule has 11 heteroatoms. The second kappa shape index (κ2) is 12.1. The lowest BCUT2D eigenvalue weighted by atomic mass is 10.0. The number of hydrogen-bond donors (Lipinski definition) is 1. The van der Waals surface area contributed by atoms with E-state index in [2.05, 4.69) is 33.1 Å². The molecule has 4 rings (SSSR count). The van der Waals surface area contributed by atoms with Crippen LogP contribution in [-0.2, 0) is 11.2 Å². The van der Waals surface area contributed by atoms with Crippen LogP contribution in [0.25, 0.3) is 21.8 Å². The first-order valence-electron chi connectivity index (χ1n) is 11.7. The molecule has 0 aliphatic rings. The molecule has 0 saturated carbocycles. The van der Waals surface area contributed by atoms with Crippen molar-refractivity contribution in [3.05, 3.63) is 52.5 Å². The molecule has 37 heavy (non-hydrogen) atoms. The molecule has 8 nitrogen and oxygen atoms in total. The summed E-state index contributed by atoms with van der Waals surface area (Å²) in [6.45, 7) is 5.32. The van der Waals surface area contributed by atoms with E-state index in [0.717, 1.165) is 38.5 Å². The molecular weight excluding hydrogens is 527 g/mol. The van der Waals surface area contributed by atoms with Crippen LogP contribution in [0.4, 0.5) is 10.9 Å². The highest BCUT2D eigenvalue weighted by Crippen LogP contribution is 2.38. The Hall–Kier alpha value is -2.91. The summed E-state index contributed by atoms with van der Waals surface area (Å²) in [6, 6.07) is 9.76. The fourth-order valence-corrected chi connectivity index (χ4v) is 5.98. The van der Waals surface area contributed by atoms with Crippen molar-refractivity contribution < 1.29 is 19.4 Å². The van der Waals surface area contributed by atoms with Crippen molar-refractivity contribution in [1.82, 2.24) is 15.0 Å². The lowest BCUT2D eigenvalue weighted by molar-refractivity contribution is 0.0691. The number of methoxy groups -OCH3 is 1. The van der Waals surface area contributed by atoms with Crippen LogP contribution < -0.4 is 14.9 Å². The van der Waals surface area contributed by atoms with Crippen LogP contribution in [0.5, 0.6) is 5.75 Å². The maximum Gasteiger partial charge on any atom is 0.358 e. The summed E-state index contributed by atoms with van der Waals surface area (Å²) in [6.07, 6.45) is 2.45. The molecule has 1 aromatic carbocycles. The van der Waals surface area contributed by atoms with E-state index in [4.69, 9.17) is 14.5 Å². The van der Waals surface area contributed by atoms with Crippen LogP contribution in [0.1, 0.15) is 29.2 Å². The van der Waals surface area contributed by atoms with Gasteiger partial charge in [-0.1, -0.05) is 19.9 Å². The van der Waals surface area contributed by atoms with E-state index in [0.29, 0.717) is 30.0 Å². The number of aromatic carboxylic acids is 1. The van der Waals surface area contributed by atoms with Gasteiger partial charge in [-0.05, 0) is 42.0 Å². The van der Waals surface area contributed by atoms with Gasteiger partial charge in [-0.3, -0.25) is 0 Å². The summed E-state index contributed by atoms with van der Waals surface area (Å²) in [7, 11) is 6.14. The first kappa shape index (κ1) is 27.1. The smallest absolute Gasteiger partial charge is 0.358 e. The molecule has 1 unspecified atom stereocenters. The molecule has 1 N–H and O–H groups in total. The predicted octanol–water partition coefficient (Wildman–Crippen LogP) is 5.52. The molecule has 4 aromatic rings. The summed E-state index contributed by atoms with van der Waals surface area (Å²) >= 11 is 3.02. The van der Waals surface area contributed by atoms with E-state index < -0.39 is 5.97 Å². The number of ether oxygens (including phenoxy) is 2. The quantitative estimate of drug-likeness (QED) is 0.191. The summed E-state index contributed by atoms with van der Waals surface area (Å²) < 4.78 is 10.9. The molecule has 0 aliphatic carbocycles. The Bertz CT molecular complexity index is 1380. The molecular formula is C26H29N4O4PS2. The minimum absolute atomic E-state index is 0.111. The molecule has 0 radical (unpaired) electrons. The Morgan fingerprint density at radius 1 is 1.22 bits per heavy atom. The van der Waals surface area contributed by atoms with E-state index in [-0.39, 0.29) is 11.5 Å². The Balaban J connectivity index is 1.70. The Labute approximate surface area is 226 Å². The molecule has 0 spiro atoms. The highest BCUT2D eigenvalue weighted by molar-refractivity contribution is 7.27. The SMILES string of the molecule is COCCOc1ccc(-c2nc(N(C)c3ncc(-c4cccs4)nc3C(=O)O)sc2CC(C)C)cc1P. The van der Waals surface area contributed by atoms with Crippen LogP contribution in [0.15, 0.2) is 41.9 Å². The number of thiazole rings is 1. The Morgan fingerprint density at radius 2 is 2.03 bits per heavy atom. The van der Waals surface area contributed by atoms with Crippen molar-refractivity contribution in [1.29, 1.82) is 0 Å². The van der Waals surface area contributed by atoms with Gasteiger partial charge in [0.2, 0.25) is 0 Å². The number of carboxylic acids is 1. The topological polar surface area (TPSA) is 97.7 Å². The van der Waals surface area contributed by atoms with E-state index >= 15 is 0 Å². The van der Waals surface area contributed by atoms with Gasteiger partial charge in [0.25, 0.3) is 0 Å². The van der Waals surface area contributed by atoms with E-state index in [1.54, 1.807) is 25.3 Å². The van der Waals surface area contributed by atoms with E-state index in [1.807, 2.05) is 35.7 Å². The molecule has 3 heterocycles. The first-order valence-corrected chi connectivity index (χ1v) is 13.9. The van der Waals surface area contributed by atoms with Crippen molar-refractivity contribution in [3.8, 4) is 27.6 Å². The molecule has 0 amide bonds. The highest BCUT2D eigenvalue weighted by atomic mass is 32.1. The number of carboxylic acid groups (broad SMARTS) is 1. The molecule has 1 atom stereocenters. The molecule has 194 valence electrons. The van der Waals surface area contributed by atoms with Gasteiger partial charge in [-0.25, -0.2) is 19.7 Å². The van der Waals surface area contributed by atoms with Gasteiger partial charge in [0.15, 0.2) is 16.6 Å². The van der Waals surface area contributed by atoms with Crippen molar-refractivity contribution >= 4 is 54.1 Å². The minimum Gasteiger partial charge on any atom is -0.491 e. The van der Waals surface area contributed by atoms with Crippen LogP contribution in [0.3, 0.4) is 0 Å². The van der Waals surface area contributed by atoms with Gasteiger partial charge in [-0.2, -0.15) is 0 Å². The number of anilines is 2. The third kappa shape index (κ3) is 6.33. The fraction of sp³-hybridized carbons (Fsp3) is 0.308. The minimum atomic E-state index is -1.14. The third-order valence-electron chi connectivity index (χ3n) is 5.44. The number of thiophene rings is 1. The average Bonchev–Trinajstić information content (AvgIpc) is 3.55. The van der Waals surface area contributed by atoms with Crippen molar-refractivity contribution in [2.45, 2.75) is 20.3 Å². The van der Waals surface area contributed by atoms with Gasteiger partial charge in [0, 0.05) is 29.9 Å². The van der Waals surface area contributed by atoms with Crippen LogP contribution >= 0.6 is 31.9 Å². The zero-order chi connectivity index (χ0) is 26.5. The molecule has 0 aliphatic heterocycles. The number of rotatable bonds is 11. The number of benzene rings is 1. The Kier molecular flexibility index (Phi) is 8.87. The van der Waals surface area contributed by atoms with Crippen molar-refractivity contribution in [2.24, 2.45) is 5.92 Å². The predicted molar refractivity (Wildman–Crippen MR) is 153 cm³/mol. The lowest BCUT2D eigenvalue weighted by Gasteiger charge is -2.16. The monoisotopic (exact) mass is 556 g/mol. The first-order chi connectivity index (χ1) is 17.8. The summed E-state index contributed by atoms with van der Waals surface area (Å²) in [4.78, 5) is 29.6. The van der Waals surface area contributed by atoms with Crippen LogP contribution in [-0.4, -0.2) is 53.4 Å². The van der Waals surface area contributed by atoms with E-state index in [1.165, 1.54) is 22.7 Å². The number of carbonyl (C=O) groups is 1. The highest BCUT2D eigenvalue weighted by Gasteiger charge is 2.24. The average molecular weight is 557 g/mol. The van der Waals surface area contributed by atoms with Crippen molar-refractivity contribution in [2.75, 3.05) is 32.3 Å². The van der Waals surface area contributed by atoms with E-state index in [9.17, 15) is 9.90 Å². The van der Waals surface area contributed by atoms with Crippen molar-refractivity contribution in [3.63, 3.8) is 0 Å². The second-order valence-electron chi connectivity index (χ2n) is 8.73. The zero-order valence-corrected chi connectivity index (χ0v) is 23.9. The fourth-order valence-electron chi connectivity index (χ4n) is 3.68. The summed E-state index contributed by atoms with van der Waals surface area (Å²) in [5, 5.41) is 13.4. The molecule has 3 aromatic heterocycles. The molecule has 0 bridgehead atoms. The largest absolute Gasteiger partial charge is 0.491 e. The van der Waals surface area contributed by atoms with Gasteiger partial charge in [-0.15, -0.1) is 31.9 Å². The number of nitrogens with zero attached hydrogens (tertiary/aromatic N) is 4. The maximum atomic E-state index is 12.1. The maximum absolute atomic E-state index is 12.1.